The molecule has 0 bridgehead atoms. The van der Waals surface area contributed by atoms with Crippen LogP contribution in [0.5, 0.6) is 0 Å². The highest BCUT2D eigenvalue weighted by Gasteiger charge is 2.20. The van der Waals surface area contributed by atoms with Gasteiger partial charge in [-0.1, -0.05) is 0 Å². The first-order chi connectivity index (χ1) is 13.8. The van der Waals surface area contributed by atoms with Crippen molar-refractivity contribution in [2.75, 3.05) is 80.7 Å². The fourth-order valence-electron chi connectivity index (χ4n) is 3.99. The molecule has 1 aromatic rings. The van der Waals surface area contributed by atoms with Gasteiger partial charge in [-0.05, 0) is 37.9 Å². The fourth-order valence-corrected chi connectivity index (χ4v) is 4.19. The van der Waals surface area contributed by atoms with Crippen LogP contribution in [-0.2, 0) is 4.74 Å². The second-order valence-corrected chi connectivity index (χ2v) is 8.04. The molecule has 0 aliphatic carbocycles. The van der Waals surface area contributed by atoms with E-state index < -0.39 is 0 Å². The number of nitrogens with zero attached hydrogens (tertiary/aromatic N) is 5. The van der Waals surface area contributed by atoms with Crippen molar-refractivity contribution in [1.82, 2.24) is 20.2 Å². The zero-order chi connectivity index (χ0) is 19.2. The number of morpholine rings is 1. The fraction of sp³-hybridized carbons (Fsp3) is 0.737. The quantitative estimate of drug-likeness (QED) is 0.682. The van der Waals surface area contributed by atoms with Crippen molar-refractivity contribution in [1.29, 1.82) is 0 Å². The minimum Gasteiger partial charge on any atom is -0.379 e. The van der Waals surface area contributed by atoms with E-state index in [1.165, 1.54) is 25.7 Å². The lowest BCUT2D eigenvalue weighted by Gasteiger charge is -2.26. The Labute approximate surface area is 172 Å². The number of nitrogens with one attached hydrogen (secondary N) is 2. The van der Waals surface area contributed by atoms with Crippen LogP contribution >= 0.6 is 12.2 Å². The monoisotopic (exact) mass is 405 g/mol. The van der Waals surface area contributed by atoms with Gasteiger partial charge in [-0.25, -0.2) is 0 Å². The number of rotatable bonds is 6. The SMILES string of the molecule is S=C(NCCN1CCOCC1)Nc1nc(N2CCCC2)cc(N2CCCC2)n1. The van der Waals surface area contributed by atoms with E-state index >= 15 is 0 Å². The molecule has 0 amide bonds. The standard InChI is InChI=1S/C19H31N7OS/c28-19(20-5-10-24-11-13-27-14-12-24)23-18-21-16(25-6-1-2-7-25)15-17(22-18)26-8-3-4-9-26/h15H,1-14H2,(H2,20,21,22,23,28). The Morgan fingerprint density at radius 1 is 0.929 bits per heavy atom. The van der Waals surface area contributed by atoms with Gasteiger partial charge >= 0.3 is 0 Å². The second kappa shape index (κ2) is 9.67. The van der Waals surface area contributed by atoms with Crippen molar-refractivity contribution in [3.05, 3.63) is 6.07 Å². The Morgan fingerprint density at radius 2 is 1.50 bits per heavy atom. The first kappa shape index (κ1) is 19.6. The Morgan fingerprint density at radius 3 is 2.07 bits per heavy atom. The van der Waals surface area contributed by atoms with Gasteiger partial charge in [-0.3, -0.25) is 4.90 Å². The van der Waals surface area contributed by atoms with Gasteiger partial charge in [-0.15, -0.1) is 0 Å². The third-order valence-electron chi connectivity index (χ3n) is 5.60. The van der Waals surface area contributed by atoms with Gasteiger partial charge in [0.25, 0.3) is 0 Å². The van der Waals surface area contributed by atoms with Crippen LogP contribution in [0.25, 0.3) is 0 Å². The molecule has 8 nitrogen and oxygen atoms in total. The lowest BCUT2D eigenvalue weighted by Crippen LogP contribution is -2.42. The minimum atomic E-state index is 0.583. The summed E-state index contributed by atoms with van der Waals surface area (Å²) >= 11 is 5.49. The first-order valence-electron chi connectivity index (χ1n) is 10.5. The summed E-state index contributed by atoms with van der Waals surface area (Å²) in [5.41, 5.74) is 0. The molecule has 3 aliphatic rings. The molecule has 4 rings (SSSR count). The predicted molar refractivity (Wildman–Crippen MR) is 116 cm³/mol. The Hall–Kier alpha value is -1.71. The van der Waals surface area contributed by atoms with Crippen molar-refractivity contribution >= 4 is 34.9 Å². The van der Waals surface area contributed by atoms with E-state index in [4.69, 9.17) is 26.9 Å². The number of hydrogen-bond donors (Lipinski definition) is 2. The summed E-state index contributed by atoms with van der Waals surface area (Å²) in [6, 6.07) is 2.14. The van der Waals surface area contributed by atoms with Crippen LogP contribution in [-0.4, -0.2) is 85.6 Å². The molecule has 0 atom stereocenters. The topological polar surface area (TPSA) is 68.8 Å². The van der Waals surface area contributed by atoms with Crippen LogP contribution in [0.4, 0.5) is 17.6 Å². The third-order valence-corrected chi connectivity index (χ3v) is 5.85. The largest absolute Gasteiger partial charge is 0.379 e. The summed E-state index contributed by atoms with van der Waals surface area (Å²) in [6.45, 7) is 9.64. The van der Waals surface area contributed by atoms with Crippen LogP contribution in [0.15, 0.2) is 6.07 Å². The first-order valence-corrected chi connectivity index (χ1v) is 10.9. The zero-order valence-corrected chi connectivity index (χ0v) is 17.3. The smallest absolute Gasteiger partial charge is 0.232 e. The molecule has 9 heteroatoms. The van der Waals surface area contributed by atoms with Gasteiger partial charge < -0.3 is 25.2 Å². The highest BCUT2D eigenvalue weighted by Crippen LogP contribution is 2.26. The maximum absolute atomic E-state index is 5.49. The number of hydrogen-bond acceptors (Lipinski definition) is 7. The van der Waals surface area contributed by atoms with Gasteiger partial charge in [0.15, 0.2) is 5.11 Å². The highest BCUT2D eigenvalue weighted by molar-refractivity contribution is 7.80. The van der Waals surface area contributed by atoms with Gasteiger partial charge in [-0.2, -0.15) is 9.97 Å². The van der Waals surface area contributed by atoms with Crippen LogP contribution < -0.4 is 20.4 Å². The Kier molecular flexibility index (Phi) is 6.77. The van der Waals surface area contributed by atoms with Crippen molar-refractivity contribution in [2.24, 2.45) is 0 Å². The van der Waals surface area contributed by atoms with Gasteiger partial charge in [0.05, 0.1) is 13.2 Å². The molecular formula is C19H31N7OS. The molecular weight excluding hydrogens is 374 g/mol. The van der Waals surface area contributed by atoms with E-state index in [1.807, 2.05) is 0 Å². The molecule has 0 radical (unpaired) electrons. The zero-order valence-electron chi connectivity index (χ0n) is 16.5. The number of anilines is 3. The molecule has 3 aliphatic heterocycles. The predicted octanol–water partition coefficient (Wildman–Crippen LogP) is 1.30. The Balaban J connectivity index is 1.37. The number of aromatic nitrogens is 2. The average molecular weight is 406 g/mol. The molecule has 0 spiro atoms. The number of ether oxygens (including phenoxy) is 1. The van der Waals surface area contributed by atoms with Gasteiger partial charge in [0.2, 0.25) is 5.95 Å². The summed E-state index contributed by atoms with van der Waals surface area (Å²) < 4.78 is 5.39. The molecule has 4 heterocycles. The summed E-state index contributed by atoms with van der Waals surface area (Å²) in [4.78, 5) is 16.6. The molecule has 3 saturated heterocycles. The lowest BCUT2D eigenvalue weighted by atomic mass is 10.4. The molecule has 28 heavy (non-hydrogen) atoms. The van der Waals surface area contributed by atoms with Crippen LogP contribution in [0.2, 0.25) is 0 Å². The molecule has 1 aromatic heterocycles. The van der Waals surface area contributed by atoms with Crippen molar-refractivity contribution < 1.29 is 4.74 Å². The van der Waals surface area contributed by atoms with E-state index in [1.54, 1.807) is 0 Å². The summed E-state index contributed by atoms with van der Waals surface area (Å²) in [7, 11) is 0. The highest BCUT2D eigenvalue weighted by atomic mass is 32.1. The van der Waals surface area contributed by atoms with Crippen LogP contribution in [0, 0.1) is 0 Å². The van der Waals surface area contributed by atoms with Crippen molar-refractivity contribution in [3.8, 4) is 0 Å². The average Bonchev–Trinajstić information content (AvgIpc) is 3.43. The molecule has 0 saturated carbocycles. The van der Waals surface area contributed by atoms with E-state index in [2.05, 4.69) is 31.4 Å². The van der Waals surface area contributed by atoms with Crippen molar-refractivity contribution in [2.45, 2.75) is 25.7 Å². The Bertz CT molecular complexity index is 621. The van der Waals surface area contributed by atoms with Gasteiger partial charge in [0, 0.05) is 58.4 Å². The number of thiocarbonyl (C=S) groups is 1. The molecule has 0 unspecified atom stereocenters. The maximum Gasteiger partial charge on any atom is 0.232 e. The summed E-state index contributed by atoms with van der Waals surface area (Å²) in [5, 5.41) is 7.08. The molecule has 154 valence electrons. The van der Waals surface area contributed by atoms with E-state index in [-0.39, 0.29) is 0 Å². The van der Waals surface area contributed by atoms with E-state index in [0.29, 0.717) is 11.1 Å². The summed E-state index contributed by atoms with van der Waals surface area (Å²) in [5.74, 6) is 2.61. The van der Waals surface area contributed by atoms with Crippen LogP contribution in [0.3, 0.4) is 0 Å². The molecule has 0 aromatic carbocycles. The van der Waals surface area contributed by atoms with Crippen LogP contribution in [0.1, 0.15) is 25.7 Å². The summed E-state index contributed by atoms with van der Waals surface area (Å²) in [6.07, 6.45) is 4.92. The second-order valence-electron chi connectivity index (χ2n) is 7.63. The van der Waals surface area contributed by atoms with Crippen molar-refractivity contribution in [3.63, 3.8) is 0 Å². The third kappa shape index (κ3) is 5.21. The minimum absolute atomic E-state index is 0.583. The van der Waals surface area contributed by atoms with E-state index in [0.717, 1.165) is 77.2 Å². The van der Waals surface area contributed by atoms with E-state index in [9.17, 15) is 0 Å². The molecule has 2 N–H and O–H groups in total. The molecule has 3 fully saturated rings. The lowest BCUT2D eigenvalue weighted by molar-refractivity contribution is 0.0389. The normalized spacial score (nSPS) is 20.6. The maximum atomic E-state index is 5.49. The van der Waals surface area contributed by atoms with Gasteiger partial charge in [0.1, 0.15) is 11.6 Å².